The van der Waals surface area contributed by atoms with Crippen LogP contribution in [-0.2, 0) is 16.8 Å². The molecule has 0 bridgehead atoms. The van der Waals surface area contributed by atoms with Crippen molar-refractivity contribution in [3.63, 3.8) is 0 Å². The summed E-state index contributed by atoms with van der Waals surface area (Å²) in [5.74, 6) is 0.506. The summed E-state index contributed by atoms with van der Waals surface area (Å²) in [4.78, 5) is 16.3. The lowest BCUT2D eigenvalue weighted by Crippen LogP contribution is -2.51. The Kier molecular flexibility index (Phi) is 7.29. The lowest BCUT2D eigenvalue weighted by molar-refractivity contribution is -0.128. The smallest absolute Gasteiger partial charge is 0.230 e. The molecule has 0 unspecified atom stereocenters. The lowest BCUT2D eigenvalue weighted by atomic mass is 9.67. The van der Waals surface area contributed by atoms with E-state index in [1.807, 2.05) is 48.5 Å². The third-order valence-electron chi connectivity index (χ3n) is 8.25. The second kappa shape index (κ2) is 10.7. The van der Waals surface area contributed by atoms with Crippen LogP contribution in [0.1, 0.15) is 61.1 Å². The zero-order chi connectivity index (χ0) is 24.1. The number of nitrogens with zero attached hydrogens (tertiary/aromatic N) is 1. The molecule has 1 saturated heterocycles. The van der Waals surface area contributed by atoms with Gasteiger partial charge in [-0.2, -0.15) is 0 Å². The van der Waals surface area contributed by atoms with Gasteiger partial charge in [-0.25, -0.2) is 4.39 Å². The number of piperidine rings is 1. The zero-order valence-electron chi connectivity index (χ0n) is 20.3. The molecule has 0 aromatic heterocycles. The highest BCUT2D eigenvalue weighted by molar-refractivity contribution is 5.88. The molecule has 1 heterocycles. The number of nitrogens with one attached hydrogen (secondary N) is 1. The van der Waals surface area contributed by atoms with Gasteiger partial charge in [-0.3, -0.25) is 4.79 Å². The minimum Gasteiger partial charge on any atom is -0.351 e. The molecule has 35 heavy (non-hydrogen) atoms. The van der Waals surface area contributed by atoms with E-state index in [1.54, 1.807) is 12.1 Å². The minimum atomic E-state index is -0.459. The third kappa shape index (κ3) is 5.33. The van der Waals surface area contributed by atoms with Crippen LogP contribution in [0.15, 0.2) is 84.9 Å². The maximum atomic E-state index is 13.6. The van der Waals surface area contributed by atoms with Crippen molar-refractivity contribution in [3.05, 3.63) is 107 Å². The molecule has 0 spiro atoms. The van der Waals surface area contributed by atoms with Gasteiger partial charge in [-0.05, 0) is 86.4 Å². The van der Waals surface area contributed by atoms with Crippen molar-refractivity contribution in [1.29, 1.82) is 0 Å². The monoisotopic (exact) mass is 470 g/mol. The topological polar surface area (TPSA) is 32.3 Å². The fourth-order valence-corrected chi connectivity index (χ4v) is 6.14. The zero-order valence-corrected chi connectivity index (χ0v) is 20.3. The second-order valence-corrected chi connectivity index (χ2v) is 10.2. The molecule has 182 valence electrons. The summed E-state index contributed by atoms with van der Waals surface area (Å²) in [7, 11) is 0. The van der Waals surface area contributed by atoms with Gasteiger partial charge < -0.3 is 10.2 Å². The molecule has 0 atom stereocenters. The first-order chi connectivity index (χ1) is 17.1. The van der Waals surface area contributed by atoms with Gasteiger partial charge in [0.25, 0.3) is 0 Å². The molecule has 1 saturated carbocycles. The fourth-order valence-electron chi connectivity index (χ4n) is 6.14. The first kappa shape index (κ1) is 23.7. The summed E-state index contributed by atoms with van der Waals surface area (Å²) in [6, 6.07) is 28.1. The molecule has 1 aliphatic heterocycles. The summed E-state index contributed by atoms with van der Waals surface area (Å²) in [6.45, 7) is 2.71. The first-order valence-corrected chi connectivity index (χ1v) is 13.0. The molecule has 1 aliphatic carbocycles. The average molecular weight is 471 g/mol. The largest absolute Gasteiger partial charge is 0.351 e. The van der Waals surface area contributed by atoms with Crippen LogP contribution in [-0.4, -0.2) is 29.9 Å². The number of amides is 1. The summed E-state index contributed by atoms with van der Waals surface area (Å²) < 4.78 is 13.3. The number of benzene rings is 3. The van der Waals surface area contributed by atoms with Gasteiger partial charge in [-0.1, -0.05) is 72.8 Å². The quantitative estimate of drug-likeness (QED) is 0.465. The van der Waals surface area contributed by atoms with E-state index in [2.05, 4.69) is 34.5 Å². The summed E-state index contributed by atoms with van der Waals surface area (Å²) in [6.07, 6.45) is 6.05. The Morgan fingerprint density at radius 1 is 0.829 bits per heavy atom. The Bertz CT molecular complexity index is 1080. The number of hydrogen-bond donors (Lipinski definition) is 1. The van der Waals surface area contributed by atoms with Gasteiger partial charge >= 0.3 is 0 Å². The van der Waals surface area contributed by atoms with E-state index in [4.69, 9.17) is 0 Å². The predicted octanol–water partition coefficient (Wildman–Crippen LogP) is 6.20. The normalized spacial score (nSPS) is 23.6. The number of rotatable bonds is 6. The SMILES string of the molecule is O=C(NCc1ccccc1)C1(c2ccccc2)CCC(N2CCC(c3ccc(F)cc3)CC2)CC1. The molecule has 2 fully saturated rings. The van der Waals surface area contributed by atoms with Crippen LogP contribution < -0.4 is 5.32 Å². The van der Waals surface area contributed by atoms with Crippen molar-refractivity contribution in [2.75, 3.05) is 13.1 Å². The van der Waals surface area contributed by atoms with Crippen molar-refractivity contribution in [1.82, 2.24) is 10.2 Å². The standard InChI is InChI=1S/C31H35FN2O/c32-28-13-11-25(12-14-28)26-17-21-34(22-18-26)29-15-19-31(20-16-29,27-9-5-2-6-10-27)30(35)33-23-24-7-3-1-4-8-24/h1-14,26,29H,15-23H2,(H,33,35). The highest BCUT2D eigenvalue weighted by Gasteiger charge is 2.44. The molecular formula is C31H35FN2O. The van der Waals surface area contributed by atoms with Crippen molar-refractivity contribution in [3.8, 4) is 0 Å². The summed E-state index contributed by atoms with van der Waals surface area (Å²) in [5.41, 5.74) is 3.06. The predicted molar refractivity (Wildman–Crippen MR) is 139 cm³/mol. The van der Waals surface area contributed by atoms with E-state index in [0.29, 0.717) is 18.5 Å². The van der Waals surface area contributed by atoms with Gasteiger partial charge in [0.05, 0.1) is 5.41 Å². The van der Waals surface area contributed by atoms with E-state index < -0.39 is 5.41 Å². The molecule has 3 nitrogen and oxygen atoms in total. The van der Waals surface area contributed by atoms with Gasteiger partial charge in [0, 0.05) is 12.6 Å². The van der Waals surface area contributed by atoms with Crippen LogP contribution in [0.4, 0.5) is 4.39 Å². The van der Waals surface area contributed by atoms with Crippen LogP contribution in [0.2, 0.25) is 0 Å². The van der Waals surface area contributed by atoms with E-state index in [0.717, 1.165) is 62.7 Å². The average Bonchev–Trinajstić information content (AvgIpc) is 2.93. The van der Waals surface area contributed by atoms with E-state index in [1.165, 1.54) is 5.56 Å². The second-order valence-electron chi connectivity index (χ2n) is 10.2. The number of hydrogen-bond acceptors (Lipinski definition) is 2. The van der Waals surface area contributed by atoms with Crippen molar-refractivity contribution in [2.45, 2.75) is 62.4 Å². The molecule has 3 aromatic carbocycles. The van der Waals surface area contributed by atoms with Crippen LogP contribution in [0, 0.1) is 5.82 Å². The van der Waals surface area contributed by atoms with Crippen LogP contribution in [0.3, 0.4) is 0 Å². The Balaban J connectivity index is 1.22. The highest BCUT2D eigenvalue weighted by atomic mass is 19.1. The first-order valence-electron chi connectivity index (χ1n) is 13.0. The van der Waals surface area contributed by atoms with Crippen molar-refractivity contribution < 1.29 is 9.18 Å². The number of halogens is 1. The van der Waals surface area contributed by atoms with E-state index in [9.17, 15) is 9.18 Å². The fraction of sp³-hybridized carbons (Fsp3) is 0.387. The Hall–Kier alpha value is -2.98. The Labute approximate surface area is 208 Å². The summed E-state index contributed by atoms with van der Waals surface area (Å²) >= 11 is 0. The number of carbonyl (C=O) groups is 1. The lowest BCUT2D eigenvalue weighted by Gasteiger charge is -2.45. The van der Waals surface area contributed by atoms with Gasteiger partial charge in [0.1, 0.15) is 5.82 Å². The van der Waals surface area contributed by atoms with Gasteiger partial charge in [0.2, 0.25) is 5.91 Å². The maximum Gasteiger partial charge on any atom is 0.230 e. The maximum absolute atomic E-state index is 13.6. The molecule has 2 aliphatic rings. The Morgan fingerprint density at radius 2 is 1.43 bits per heavy atom. The van der Waals surface area contributed by atoms with Crippen LogP contribution in [0.5, 0.6) is 0 Å². The molecule has 1 amide bonds. The third-order valence-corrected chi connectivity index (χ3v) is 8.25. The molecule has 5 rings (SSSR count). The van der Waals surface area contributed by atoms with Crippen molar-refractivity contribution in [2.24, 2.45) is 0 Å². The van der Waals surface area contributed by atoms with Crippen LogP contribution >= 0.6 is 0 Å². The Morgan fingerprint density at radius 3 is 2.06 bits per heavy atom. The molecule has 1 N–H and O–H groups in total. The molecule has 3 aromatic rings. The van der Waals surface area contributed by atoms with Gasteiger partial charge in [-0.15, -0.1) is 0 Å². The molecule has 4 heteroatoms. The van der Waals surface area contributed by atoms with E-state index in [-0.39, 0.29) is 11.7 Å². The van der Waals surface area contributed by atoms with Gasteiger partial charge in [0.15, 0.2) is 0 Å². The summed E-state index contributed by atoms with van der Waals surface area (Å²) in [5, 5.41) is 3.25. The minimum absolute atomic E-state index is 0.154. The molecule has 0 radical (unpaired) electrons. The van der Waals surface area contributed by atoms with Crippen molar-refractivity contribution >= 4 is 5.91 Å². The number of likely N-dealkylation sites (tertiary alicyclic amines) is 1. The number of carbonyl (C=O) groups excluding carboxylic acids is 1. The molecular weight excluding hydrogens is 435 g/mol. The highest BCUT2D eigenvalue weighted by Crippen LogP contribution is 2.42. The van der Waals surface area contributed by atoms with E-state index >= 15 is 0 Å². The van der Waals surface area contributed by atoms with Crippen LogP contribution in [0.25, 0.3) is 0 Å².